The fourth-order valence-electron chi connectivity index (χ4n) is 3.52. The lowest BCUT2D eigenvalue weighted by molar-refractivity contribution is -0.113. The van der Waals surface area contributed by atoms with Gasteiger partial charge in [0.2, 0.25) is 5.91 Å². The van der Waals surface area contributed by atoms with Crippen LogP contribution < -0.4 is 10.6 Å². The first kappa shape index (κ1) is 27.7. The minimum atomic E-state index is -0.430. The van der Waals surface area contributed by atoms with Crippen LogP contribution in [0.15, 0.2) is 66.3 Å². The molecule has 1 aromatic heterocycles. The number of esters is 1. The van der Waals surface area contributed by atoms with Crippen LogP contribution in [-0.4, -0.2) is 44.9 Å². The van der Waals surface area contributed by atoms with Crippen LogP contribution in [0.5, 0.6) is 0 Å². The van der Waals surface area contributed by atoms with Gasteiger partial charge >= 0.3 is 5.97 Å². The van der Waals surface area contributed by atoms with Crippen LogP contribution >= 0.6 is 11.8 Å². The topological polar surface area (TPSA) is 115 Å². The lowest BCUT2D eigenvalue weighted by Gasteiger charge is -2.16. The van der Waals surface area contributed by atoms with Crippen molar-refractivity contribution in [1.82, 2.24) is 20.1 Å². The zero-order valence-electron chi connectivity index (χ0n) is 21.2. The average Bonchev–Trinajstić information content (AvgIpc) is 3.29. The molecular weight excluding hydrogens is 490 g/mol. The number of nitrogens with one attached hydrogen (secondary N) is 2. The van der Waals surface area contributed by atoms with Crippen molar-refractivity contribution in [2.45, 2.75) is 44.9 Å². The van der Waals surface area contributed by atoms with Crippen molar-refractivity contribution in [3.05, 3.63) is 83.7 Å². The van der Waals surface area contributed by atoms with Crippen molar-refractivity contribution in [3.63, 3.8) is 0 Å². The molecule has 0 aliphatic heterocycles. The van der Waals surface area contributed by atoms with E-state index >= 15 is 0 Å². The van der Waals surface area contributed by atoms with Gasteiger partial charge in [-0.2, -0.15) is 0 Å². The smallest absolute Gasteiger partial charge is 0.338 e. The lowest BCUT2D eigenvalue weighted by Crippen LogP contribution is -2.29. The van der Waals surface area contributed by atoms with Crippen LogP contribution in [0, 0.1) is 6.92 Å². The fourth-order valence-corrected chi connectivity index (χ4v) is 4.28. The maximum atomic E-state index is 12.8. The summed E-state index contributed by atoms with van der Waals surface area (Å²) in [5.41, 5.74) is 2.34. The van der Waals surface area contributed by atoms with Gasteiger partial charge in [-0.25, -0.2) is 4.79 Å². The van der Waals surface area contributed by atoms with Crippen molar-refractivity contribution < 1.29 is 19.1 Å². The van der Waals surface area contributed by atoms with Crippen LogP contribution in [-0.2, 0) is 16.1 Å². The first-order chi connectivity index (χ1) is 17.8. The van der Waals surface area contributed by atoms with Crippen LogP contribution in [0.4, 0.5) is 5.69 Å². The molecule has 3 rings (SSSR count). The highest BCUT2D eigenvalue weighted by atomic mass is 32.2. The Balaban J connectivity index is 1.64. The second kappa shape index (κ2) is 13.4. The number of benzene rings is 2. The van der Waals surface area contributed by atoms with E-state index < -0.39 is 12.0 Å². The molecule has 0 radical (unpaired) electrons. The van der Waals surface area contributed by atoms with Gasteiger partial charge < -0.3 is 19.9 Å². The summed E-state index contributed by atoms with van der Waals surface area (Å²) in [5.74, 6) is -0.263. The summed E-state index contributed by atoms with van der Waals surface area (Å²) >= 11 is 1.22. The van der Waals surface area contributed by atoms with Crippen molar-refractivity contribution in [2.24, 2.45) is 0 Å². The van der Waals surface area contributed by atoms with E-state index in [1.807, 2.05) is 43.5 Å². The quantitative estimate of drug-likeness (QED) is 0.204. The molecule has 0 aliphatic carbocycles. The Kier molecular flexibility index (Phi) is 10.0. The van der Waals surface area contributed by atoms with Crippen molar-refractivity contribution in [1.29, 1.82) is 0 Å². The monoisotopic (exact) mass is 521 g/mol. The Hall–Kier alpha value is -3.92. The Morgan fingerprint density at radius 3 is 2.68 bits per heavy atom. The minimum absolute atomic E-state index is 0.0731. The predicted octanol–water partition coefficient (Wildman–Crippen LogP) is 4.56. The maximum Gasteiger partial charge on any atom is 0.338 e. The molecule has 0 saturated carbocycles. The summed E-state index contributed by atoms with van der Waals surface area (Å²) in [6.45, 7) is 10.2. The van der Waals surface area contributed by atoms with E-state index in [4.69, 9.17) is 4.74 Å². The van der Waals surface area contributed by atoms with E-state index in [0.717, 1.165) is 12.0 Å². The number of thioether (sulfide) groups is 1. The summed E-state index contributed by atoms with van der Waals surface area (Å²) in [7, 11) is 0. The molecule has 3 aromatic rings. The minimum Gasteiger partial charge on any atom is -0.462 e. The second-order valence-corrected chi connectivity index (χ2v) is 9.25. The molecule has 10 heteroatoms. The molecule has 2 N–H and O–H groups in total. The van der Waals surface area contributed by atoms with Gasteiger partial charge in [-0.3, -0.25) is 9.59 Å². The Bertz CT molecular complexity index is 1270. The number of hydrogen-bond acceptors (Lipinski definition) is 7. The Labute approximate surface area is 220 Å². The number of hydrogen-bond donors (Lipinski definition) is 2. The zero-order valence-corrected chi connectivity index (χ0v) is 22.0. The van der Waals surface area contributed by atoms with E-state index in [9.17, 15) is 14.4 Å². The molecule has 2 amide bonds. The molecule has 0 spiro atoms. The van der Waals surface area contributed by atoms with E-state index in [-0.39, 0.29) is 17.6 Å². The van der Waals surface area contributed by atoms with Crippen molar-refractivity contribution >= 4 is 35.2 Å². The molecule has 1 atom stereocenters. The molecular formula is C27H31N5O4S. The average molecular weight is 522 g/mol. The van der Waals surface area contributed by atoms with Crippen LogP contribution in [0.2, 0.25) is 0 Å². The van der Waals surface area contributed by atoms with Gasteiger partial charge in [-0.05, 0) is 50.1 Å². The lowest BCUT2D eigenvalue weighted by atomic mass is 10.1. The number of amides is 2. The molecule has 1 heterocycles. The number of carbonyl (C=O) groups excluding carboxylic acids is 3. The molecule has 37 heavy (non-hydrogen) atoms. The predicted molar refractivity (Wildman–Crippen MR) is 144 cm³/mol. The molecule has 2 aromatic carbocycles. The molecule has 194 valence electrons. The summed E-state index contributed by atoms with van der Waals surface area (Å²) in [6.07, 6.45) is 2.44. The second-order valence-electron chi connectivity index (χ2n) is 8.30. The van der Waals surface area contributed by atoms with Gasteiger partial charge in [0.05, 0.1) is 24.0 Å². The number of ether oxygens (including phenoxy) is 1. The molecule has 0 unspecified atom stereocenters. The fraction of sp³-hybridized carbons (Fsp3) is 0.296. The van der Waals surface area contributed by atoms with Gasteiger partial charge in [0.15, 0.2) is 11.0 Å². The van der Waals surface area contributed by atoms with Crippen LogP contribution in [0.3, 0.4) is 0 Å². The Morgan fingerprint density at radius 1 is 1.16 bits per heavy atom. The third kappa shape index (κ3) is 7.53. The SMILES string of the molecule is C=CCn1c(SCC(=O)Nc2cccc(C(=O)OCCC)c2)nnc1[C@@H](C)NC(=O)c1ccccc1C. The number of rotatable bonds is 12. The zero-order chi connectivity index (χ0) is 26.8. The summed E-state index contributed by atoms with van der Waals surface area (Å²) in [6, 6.07) is 13.6. The normalized spacial score (nSPS) is 11.4. The van der Waals surface area contributed by atoms with E-state index in [1.54, 1.807) is 36.4 Å². The summed E-state index contributed by atoms with van der Waals surface area (Å²) < 4.78 is 6.96. The van der Waals surface area contributed by atoms with Crippen molar-refractivity contribution in [2.75, 3.05) is 17.7 Å². The number of nitrogens with zero attached hydrogens (tertiary/aromatic N) is 3. The number of carbonyl (C=O) groups is 3. The number of aromatic nitrogens is 3. The van der Waals surface area contributed by atoms with E-state index in [2.05, 4.69) is 27.4 Å². The van der Waals surface area contributed by atoms with E-state index in [1.165, 1.54) is 11.8 Å². The van der Waals surface area contributed by atoms with Gasteiger partial charge in [0, 0.05) is 17.8 Å². The molecule has 0 saturated heterocycles. The molecule has 0 aliphatic rings. The molecule has 0 bridgehead atoms. The first-order valence-corrected chi connectivity index (χ1v) is 12.9. The number of aryl methyl sites for hydroxylation is 1. The van der Waals surface area contributed by atoms with Gasteiger partial charge in [0.1, 0.15) is 0 Å². The highest BCUT2D eigenvalue weighted by Gasteiger charge is 2.21. The summed E-state index contributed by atoms with van der Waals surface area (Å²) in [5, 5.41) is 14.8. The highest BCUT2D eigenvalue weighted by Crippen LogP contribution is 2.22. The molecule has 0 fully saturated rings. The standard InChI is InChI=1S/C27H31N5O4S/c1-5-14-32-24(19(4)28-25(34)22-13-8-7-10-18(22)3)30-31-27(32)37-17-23(33)29-21-12-9-11-20(16-21)26(35)36-15-6-2/h5,7-13,16,19H,1,6,14-15,17H2,2-4H3,(H,28,34)(H,29,33)/t19-/m1/s1. The summed E-state index contributed by atoms with van der Waals surface area (Å²) in [4.78, 5) is 37.4. The third-order valence-corrected chi connectivity index (χ3v) is 6.30. The Morgan fingerprint density at radius 2 is 1.95 bits per heavy atom. The largest absolute Gasteiger partial charge is 0.462 e. The third-order valence-electron chi connectivity index (χ3n) is 5.33. The van der Waals surface area contributed by atoms with Crippen molar-refractivity contribution in [3.8, 4) is 0 Å². The van der Waals surface area contributed by atoms with E-state index in [0.29, 0.717) is 40.9 Å². The first-order valence-electron chi connectivity index (χ1n) is 11.9. The van der Waals surface area contributed by atoms with Crippen LogP contribution in [0.1, 0.15) is 58.4 Å². The van der Waals surface area contributed by atoms with Gasteiger partial charge in [-0.15, -0.1) is 16.8 Å². The number of allylic oxidation sites excluding steroid dienone is 1. The highest BCUT2D eigenvalue weighted by molar-refractivity contribution is 7.99. The van der Waals surface area contributed by atoms with Gasteiger partial charge in [0.25, 0.3) is 5.91 Å². The molecule has 9 nitrogen and oxygen atoms in total. The van der Waals surface area contributed by atoms with Gasteiger partial charge in [-0.1, -0.05) is 49.0 Å². The van der Waals surface area contributed by atoms with Crippen LogP contribution in [0.25, 0.3) is 0 Å². The maximum absolute atomic E-state index is 12.8. The number of anilines is 1.